The molecule has 0 saturated heterocycles. The van der Waals surface area contributed by atoms with E-state index < -0.39 is 5.97 Å². The molecular formula is C23H20Cl2N2O2. The number of hydrogen-bond donors (Lipinski definition) is 0. The molecule has 1 aliphatic heterocycles. The van der Waals surface area contributed by atoms with E-state index >= 15 is 0 Å². The van der Waals surface area contributed by atoms with Gasteiger partial charge >= 0.3 is 5.97 Å². The van der Waals surface area contributed by atoms with Crippen LogP contribution < -0.4 is 0 Å². The molecule has 0 amide bonds. The van der Waals surface area contributed by atoms with Crippen LogP contribution in [0.4, 0.5) is 0 Å². The maximum absolute atomic E-state index is 11.6. The van der Waals surface area contributed by atoms with Crippen LogP contribution in [0.2, 0.25) is 10.0 Å². The van der Waals surface area contributed by atoms with Crippen LogP contribution in [-0.2, 0) is 11.3 Å². The van der Waals surface area contributed by atoms with Gasteiger partial charge in [-0.3, -0.25) is 0 Å². The standard InChI is InChI=1S/C23H20Cl2N2O2/c1-27-12-19(18-9-17(24)10-21(25)20(18)13-27)15-5-3-4-14(8-15)16-6-7-22(26-11-16)23(28)29-2/h3-11,19H,12-13H2,1-2H3/t19-/m0/s1. The van der Waals surface area contributed by atoms with Gasteiger partial charge in [-0.15, -0.1) is 0 Å². The van der Waals surface area contributed by atoms with Crippen LogP contribution in [0, 0.1) is 0 Å². The number of hydrogen-bond acceptors (Lipinski definition) is 4. The summed E-state index contributed by atoms with van der Waals surface area (Å²) >= 11 is 12.8. The first-order valence-electron chi connectivity index (χ1n) is 9.27. The molecule has 2 aromatic carbocycles. The van der Waals surface area contributed by atoms with Gasteiger partial charge in [0, 0.05) is 40.8 Å². The molecule has 0 bridgehead atoms. The van der Waals surface area contributed by atoms with E-state index in [0.29, 0.717) is 15.7 Å². The van der Waals surface area contributed by atoms with Crippen LogP contribution in [0.15, 0.2) is 54.7 Å². The van der Waals surface area contributed by atoms with Gasteiger partial charge in [0.2, 0.25) is 0 Å². The third kappa shape index (κ3) is 4.01. The van der Waals surface area contributed by atoms with Crippen LogP contribution in [0.25, 0.3) is 11.1 Å². The summed E-state index contributed by atoms with van der Waals surface area (Å²) < 4.78 is 4.72. The minimum absolute atomic E-state index is 0.169. The van der Waals surface area contributed by atoms with E-state index in [2.05, 4.69) is 29.1 Å². The number of rotatable bonds is 3. The molecule has 4 nitrogen and oxygen atoms in total. The summed E-state index contributed by atoms with van der Waals surface area (Å²) in [4.78, 5) is 18.1. The predicted octanol–water partition coefficient (Wildman–Crippen LogP) is 5.42. The topological polar surface area (TPSA) is 42.4 Å². The number of likely N-dealkylation sites (N-methyl/N-ethyl adjacent to an activating group) is 1. The van der Waals surface area contributed by atoms with Gasteiger partial charge in [0.15, 0.2) is 0 Å². The molecule has 3 aromatic rings. The number of methoxy groups -OCH3 is 1. The van der Waals surface area contributed by atoms with E-state index in [1.54, 1.807) is 12.3 Å². The largest absolute Gasteiger partial charge is 0.464 e. The van der Waals surface area contributed by atoms with Crippen molar-refractivity contribution in [2.45, 2.75) is 12.5 Å². The van der Waals surface area contributed by atoms with Gasteiger partial charge in [0.25, 0.3) is 0 Å². The predicted molar refractivity (Wildman–Crippen MR) is 116 cm³/mol. The Balaban J connectivity index is 1.72. The summed E-state index contributed by atoms with van der Waals surface area (Å²) in [7, 11) is 3.44. The fourth-order valence-electron chi connectivity index (χ4n) is 3.86. The maximum Gasteiger partial charge on any atom is 0.356 e. The summed E-state index contributed by atoms with van der Waals surface area (Å²) in [6.07, 6.45) is 1.69. The zero-order chi connectivity index (χ0) is 20.5. The maximum atomic E-state index is 11.6. The van der Waals surface area contributed by atoms with Gasteiger partial charge in [-0.05, 0) is 47.5 Å². The number of halogens is 2. The Morgan fingerprint density at radius 3 is 2.69 bits per heavy atom. The zero-order valence-electron chi connectivity index (χ0n) is 16.2. The van der Waals surface area contributed by atoms with E-state index in [9.17, 15) is 4.79 Å². The lowest BCUT2D eigenvalue weighted by molar-refractivity contribution is 0.0594. The van der Waals surface area contributed by atoms with Crippen molar-refractivity contribution in [3.8, 4) is 11.1 Å². The Hall–Kier alpha value is -2.40. The lowest BCUT2D eigenvalue weighted by Crippen LogP contribution is -2.31. The highest BCUT2D eigenvalue weighted by Gasteiger charge is 2.27. The van der Waals surface area contributed by atoms with Crippen LogP contribution in [0.5, 0.6) is 0 Å². The normalized spacial score (nSPS) is 16.3. The lowest BCUT2D eigenvalue weighted by Gasteiger charge is -2.33. The molecular weight excluding hydrogens is 407 g/mol. The summed E-state index contributed by atoms with van der Waals surface area (Å²) in [5.74, 6) is -0.275. The quantitative estimate of drug-likeness (QED) is 0.524. The van der Waals surface area contributed by atoms with Gasteiger partial charge < -0.3 is 9.64 Å². The Morgan fingerprint density at radius 2 is 1.97 bits per heavy atom. The van der Waals surface area contributed by atoms with E-state index in [-0.39, 0.29) is 5.92 Å². The van der Waals surface area contributed by atoms with Gasteiger partial charge in [-0.1, -0.05) is 53.5 Å². The van der Waals surface area contributed by atoms with Crippen molar-refractivity contribution < 1.29 is 9.53 Å². The van der Waals surface area contributed by atoms with Crippen molar-refractivity contribution in [2.75, 3.05) is 20.7 Å². The molecule has 1 aliphatic rings. The lowest BCUT2D eigenvalue weighted by atomic mass is 9.84. The van der Waals surface area contributed by atoms with E-state index in [0.717, 1.165) is 29.8 Å². The fraction of sp³-hybridized carbons (Fsp3) is 0.217. The molecule has 0 fully saturated rings. The molecule has 148 valence electrons. The minimum Gasteiger partial charge on any atom is -0.464 e. The Kier molecular flexibility index (Phi) is 5.59. The van der Waals surface area contributed by atoms with E-state index in [1.807, 2.05) is 30.3 Å². The van der Waals surface area contributed by atoms with Crippen molar-refractivity contribution in [2.24, 2.45) is 0 Å². The SMILES string of the molecule is COC(=O)c1ccc(-c2cccc([C@@H]3CN(C)Cc4c(Cl)cc(Cl)cc43)c2)cn1. The second-order valence-electron chi connectivity index (χ2n) is 7.25. The second kappa shape index (κ2) is 8.15. The summed E-state index contributed by atoms with van der Waals surface area (Å²) in [5, 5.41) is 1.37. The molecule has 0 unspecified atom stereocenters. The second-order valence-corrected chi connectivity index (χ2v) is 8.10. The van der Waals surface area contributed by atoms with Gasteiger partial charge in [0.1, 0.15) is 5.69 Å². The molecule has 6 heteroatoms. The van der Waals surface area contributed by atoms with Gasteiger partial charge in [-0.2, -0.15) is 0 Å². The first-order valence-corrected chi connectivity index (χ1v) is 10.0. The molecule has 0 saturated carbocycles. The molecule has 0 aliphatic carbocycles. The molecule has 0 radical (unpaired) electrons. The Bertz CT molecular complexity index is 1070. The zero-order valence-corrected chi connectivity index (χ0v) is 17.7. The fourth-order valence-corrected chi connectivity index (χ4v) is 4.42. The van der Waals surface area contributed by atoms with Crippen molar-refractivity contribution in [3.05, 3.63) is 87.2 Å². The highest BCUT2D eigenvalue weighted by Crippen LogP contribution is 2.39. The van der Waals surface area contributed by atoms with Crippen LogP contribution in [0.1, 0.15) is 33.1 Å². The number of carbonyl (C=O) groups is 1. The smallest absolute Gasteiger partial charge is 0.356 e. The molecule has 1 aromatic heterocycles. The van der Waals surface area contributed by atoms with Crippen molar-refractivity contribution >= 4 is 29.2 Å². The van der Waals surface area contributed by atoms with Crippen LogP contribution in [-0.4, -0.2) is 36.6 Å². The van der Waals surface area contributed by atoms with E-state index in [4.69, 9.17) is 27.9 Å². The highest BCUT2D eigenvalue weighted by molar-refractivity contribution is 6.35. The van der Waals surface area contributed by atoms with Gasteiger partial charge in [-0.25, -0.2) is 9.78 Å². The number of ether oxygens (including phenoxy) is 1. The number of esters is 1. The number of nitrogens with zero attached hydrogens (tertiary/aromatic N) is 2. The first kappa shape index (κ1) is 19.9. The molecule has 2 heterocycles. The van der Waals surface area contributed by atoms with Crippen molar-refractivity contribution in [3.63, 3.8) is 0 Å². The monoisotopic (exact) mass is 426 g/mol. The number of benzene rings is 2. The minimum atomic E-state index is -0.444. The highest BCUT2D eigenvalue weighted by atomic mass is 35.5. The summed E-state index contributed by atoms with van der Waals surface area (Å²) in [6, 6.07) is 15.8. The number of aromatic nitrogens is 1. The first-order chi connectivity index (χ1) is 14.0. The molecule has 0 spiro atoms. The van der Waals surface area contributed by atoms with Crippen LogP contribution >= 0.6 is 23.2 Å². The average molecular weight is 427 g/mol. The molecule has 29 heavy (non-hydrogen) atoms. The summed E-state index contributed by atoms with van der Waals surface area (Å²) in [5.41, 5.74) is 5.76. The van der Waals surface area contributed by atoms with Crippen LogP contribution in [0.3, 0.4) is 0 Å². The van der Waals surface area contributed by atoms with Crippen molar-refractivity contribution in [1.82, 2.24) is 9.88 Å². The third-order valence-corrected chi connectivity index (χ3v) is 5.83. The number of pyridine rings is 1. The van der Waals surface area contributed by atoms with Gasteiger partial charge in [0.05, 0.1) is 7.11 Å². The van der Waals surface area contributed by atoms with E-state index in [1.165, 1.54) is 18.2 Å². The molecule has 4 rings (SSSR count). The molecule has 0 N–H and O–H groups in total. The number of fused-ring (bicyclic) bond motifs is 1. The average Bonchev–Trinajstić information content (AvgIpc) is 2.73. The summed E-state index contributed by atoms with van der Waals surface area (Å²) in [6.45, 7) is 1.69. The van der Waals surface area contributed by atoms with Crippen molar-refractivity contribution in [1.29, 1.82) is 0 Å². The Morgan fingerprint density at radius 1 is 1.14 bits per heavy atom. The third-order valence-electron chi connectivity index (χ3n) is 5.27. The Labute approximate surface area is 180 Å². The number of carbonyl (C=O) groups excluding carboxylic acids is 1. The molecule has 1 atom stereocenters.